The fraction of sp³-hybridized carbons (Fsp3) is 0.278. The molecule has 0 saturated carbocycles. The molecule has 0 aliphatic heterocycles. The third-order valence-electron chi connectivity index (χ3n) is 3.59. The summed E-state index contributed by atoms with van der Waals surface area (Å²) in [6.07, 6.45) is 0. The number of rotatable bonds is 5. The van der Waals surface area contributed by atoms with Crippen LogP contribution < -0.4 is 5.30 Å². The van der Waals surface area contributed by atoms with Gasteiger partial charge in [0.05, 0.1) is 12.2 Å². The van der Waals surface area contributed by atoms with Crippen LogP contribution in [0.4, 0.5) is 0 Å². The van der Waals surface area contributed by atoms with Crippen molar-refractivity contribution in [2.24, 2.45) is 0 Å². The molecule has 0 aliphatic rings. The van der Waals surface area contributed by atoms with E-state index in [9.17, 15) is 9.69 Å². The van der Waals surface area contributed by atoms with Gasteiger partial charge in [0.15, 0.2) is 5.30 Å². The zero-order valence-electron chi connectivity index (χ0n) is 13.5. The molecule has 0 amide bonds. The van der Waals surface area contributed by atoms with E-state index in [0.29, 0.717) is 10.9 Å². The van der Waals surface area contributed by atoms with Crippen LogP contribution in [0.3, 0.4) is 0 Å². The van der Waals surface area contributed by atoms with Crippen LogP contribution in [0.2, 0.25) is 0 Å². The molecule has 1 unspecified atom stereocenters. The number of benzene rings is 2. The molecular weight excluding hydrogens is 295 g/mol. The molecule has 0 fully saturated rings. The van der Waals surface area contributed by atoms with Crippen LogP contribution >= 0.6 is 7.72 Å². The second-order valence-electron chi connectivity index (χ2n) is 5.41. The van der Waals surface area contributed by atoms with Crippen molar-refractivity contribution in [3.8, 4) is 0 Å². The van der Waals surface area contributed by atoms with E-state index in [-0.39, 0.29) is 12.1 Å². The van der Waals surface area contributed by atoms with Gasteiger partial charge < -0.3 is 0 Å². The Morgan fingerprint density at radius 3 is 2.14 bits per heavy atom. The average molecular weight is 317 g/mol. The van der Waals surface area contributed by atoms with Gasteiger partial charge in [0.25, 0.3) is 0 Å². The molecule has 0 radical (unpaired) electrons. The highest BCUT2D eigenvalue weighted by Crippen LogP contribution is 2.57. The first-order chi connectivity index (χ1) is 10.4. The van der Waals surface area contributed by atoms with E-state index < -0.39 is 7.72 Å². The molecule has 2 aromatic rings. The minimum atomic E-state index is -3.34. The summed E-state index contributed by atoms with van der Waals surface area (Å²) in [6, 6.07) is 12.9. The quantitative estimate of drug-likeness (QED) is 0.849. The van der Waals surface area contributed by atoms with Gasteiger partial charge in [-0.25, -0.2) is 9.69 Å². The fourth-order valence-corrected chi connectivity index (χ4v) is 4.84. The summed E-state index contributed by atoms with van der Waals surface area (Å²) >= 11 is 0. The van der Waals surface area contributed by atoms with Crippen LogP contribution in [0.5, 0.6) is 0 Å². The molecule has 0 saturated heterocycles. The van der Waals surface area contributed by atoms with Crippen molar-refractivity contribution in [1.29, 1.82) is 0 Å². The standard InChI is InChI=1S/C18H22O3P/c1-5-21-22(20,16-9-7-6-8-10-16)18(19)17-14(3)11-13(2)12-15(17)4/h6-12,20H,5H2,1-4H3/q+1. The normalized spacial score (nSPS) is 13.7. The Morgan fingerprint density at radius 1 is 1.09 bits per heavy atom. The summed E-state index contributed by atoms with van der Waals surface area (Å²) in [5.74, 6) is 0. The molecule has 4 heteroatoms. The Kier molecular flexibility index (Phi) is 5.12. The molecule has 116 valence electrons. The monoisotopic (exact) mass is 317 g/mol. The average Bonchev–Trinajstić information content (AvgIpc) is 2.47. The van der Waals surface area contributed by atoms with Gasteiger partial charge in [-0.2, -0.15) is 4.52 Å². The van der Waals surface area contributed by atoms with Crippen LogP contribution in [0.15, 0.2) is 42.5 Å². The molecule has 0 aromatic heterocycles. The lowest BCUT2D eigenvalue weighted by Crippen LogP contribution is -2.22. The van der Waals surface area contributed by atoms with E-state index >= 15 is 0 Å². The topological polar surface area (TPSA) is 46.5 Å². The van der Waals surface area contributed by atoms with Crippen molar-refractivity contribution in [3.05, 3.63) is 64.7 Å². The largest absolute Gasteiger partial charge is 0.379 e. The molecule has 0 spiro atoms. The zero-order chi connectivity index (χ0) is 16.3. The minimum Gasteiger partial charge on any atom is -0.240 e. The summed E-state index contributed by atoms with van der Waals surface area (Å²) in [5, 5.41) is 0.557. The van der Waals surface area contributed by atoms with E-state index in [0.717, 1.165) is 16.7 Å². The van der Waals surface area contributed by atoms with E-state index in [1.165, 1.54) is 0 Å². The molecule has 1 N–H and O–H groups in total. The fourth-order valence-electron chi connectivity index (χ4n) is 2.74. The van der Waals surface area contributed by atoms with E-state index in [2.05, 4.69) is 0 Å². The maximum atomic E-state index is 13.1. The van der Waals surface area contributed by atoms with Crippen LogP contribution in [-0.4, -0.2) is 17.0 Å². The van der Waals surface area contributed by atoms with Gasteiger partial charge in [0.1, 0.15) is 0 Å². The van der Waals surface area contributed by atoms with Gasteiger partial charge in [-0.3, -0.25) is 0 Å². The Balaban J connectivity index is 2.57. The Bertz CT molecular complexity index is 659. The molecule has 2 rings (SSSR count). The summed E-state index contributed by atoms with van der Waals surface area (Å²) in [5.41, 5.74) is 3.10. The van der Waals surface area contributed by atoms with Gasteiger partial charge in [0, 0.05) is 0 Å². The van der Waals surface area contributed by atoms with E-state index in [1.807, 2.05) is 51.1 Å². The molecule has 2 aromatic carbocycles. The predicted octanol–water partition coefficient (Wildman–Crippen LogP) is 3.95. The first-order valence-corrected chi connectivity index (χ1v) is 9.00. The summed E-state index contributed by atoms with van der Waals surface area (Å²) < 4.78 is 5.59. The Labute approximate surface area is 132 Å². The Hall–Kier alpha value is -1.54. The number of carbonyl (C=O) groups excluding carboxylic acids is 1. The number of carbonyl (C=O) groups is 1. The second kappa shape index (κ2) is 6.70. The van der Waals surface area contributed by atoms with Gasteiger partial charge >= 0.3 is 13.2 Å². The van der Waals surface area contributed by atoms with Gasteiger partial charge in [-0.1, -0.05) is 35.9 Å². The highest BCUT2D eigenvalue weighted by Gasteiger charge is 2.51. The molecule has 22 heavy (non-hydrogen) atoms. The van der Waals surface area contributed by atoms with Gasteiger partial charge in [0.2, 0.25) is 0 Å². The minimum absolute atomic E-state index is 0.287. The van der Waals surface area contributed by atoms with E-state index in [4.69, 9.17) is 4.52 Å². The molecule has 0 heterocycles. The highest BCUT2D eigenvalue weighted by atomic mass is 31.2. The van der Waals surface area contributed by atoms with Crippen LogP contribution in [0.25, 0.3) is 0 Å². The first-order valence-electron chi connectivity index (χ1n) is 7.35. The second-order valence-corrected chi connectivity index (χ2v) is 7.74. The molecule has 0 bridgehead atoms. The third kappa shape index (κ3) is 3.12. The summed E-state index contributed by atoms with van der Waals surface area (Å²) in [7, 11) is -3.34. The number of hydrogen-bond acceptors (Lipinski definition) is 3. The van der Waals surface area contributed by atoms with Crippen LogP contribution in [0, 0.1) is 20.8 Å². The van der Waals surface area contributed by atoms with Crippen molar-refractivity contribution < 1.29 is 14.2 Å². The molecule has 1 atom stereocenters. The number of aryl methyl sites for hydroxylation is 3. The molecular formula is C18H22O3P+. The highest BCUT2D eigenvalue weighted by molar-refractivity contribution is 7.89. The van der Waals surface area contributed by atoms with Gasteiger partial charge in [-0.05, 0) is 51.0 Å². The van der Waals surface area contributed by atoms with Crippen molar-refractivity contribution in [3.63, 3.8) is 0 Å². The zero-order valence-corrected chi connectivity index (χ0v) is 14.4. The van der Waals surface area contributed by atoms with Crippen molar-refractivity contribution >= 4 is 18.5 Å². The molecule has 0 aliphatic carbocycles. The maximum Gasteiger partial charge on any atom is 0.379 e. The Morgan fingerprint density at radius 2 is 1.64 bits per heavy atom. The van der Waals surface area contributed by atoms with Crippen molar-refractivity contribution in [2.75, 3.05) is 6.61 Å². The SMILES string of the molecule is CCO[P+](O)(C(=O)c1c(C)cc(C)cc1C)c1ccccc1. The summed E-state index contributed by atoms with van der Waals surface area (Å²) in [6.45, 7) is 7.86. The summed E-state index contributed by atoms with van der Waals surface area (Å²) in [4.78, 5) is 24.1. The van der Waals surface area contributed by atoms with Crippen molar-refractivity contribution in [1.82, 2.24) is 0 Å². The van der Waals surface area contributed by atoms with Crippen LogP contribution in [-0.2, 0) is 4.52 Å². The van der Waals surface area contributed by atoms with Crippen molar-refractivity contribution in [2.45, 2.75) is 27.7 Å². The predicted molar refractivity (Wildman–Crippen MR) is 91.8 cm³/mol. The van der Waals surface area contributed by atoms with Gasteiger partial charge in [-0.15, -0.1) is 0 Å². The van der Waals surface area contributed by atoms with E-state index in [1.54, 1.807) is 19.1 Å². The lowest BCUT2D eigenvalue weighted by Gasteiger charge is -2.18. The lowest BCUT2D eigenvalue weighted by molar-refractivity contribution is 0.104. The lowest BCUT2D eigenvalue weighted by atomic mass is 10.0. The van der Waals surface area contributed by atoms with Crippen LogP contribution in [0.1, 0.15) is 34.0 Å². The molecule has 3 nitrogen and oxygen atoms in total. The first kappa shape index (κ1) is 16.8. The maximum absolute atomic E-state index is 13.1. The number of hydrogen-bond donors (Lipinski definition) is 1. The smallest absolute Gasteiger partial charge is 0.240 e. The third-order valence-corrected chi connectivity index (χ3v) is 5.99.